The van der Waals surface area contributed by atoms with Gasteiger partial charge in [0, 0.05) is 13.1 Å². The van der Waals surface area contributed by atoms with Crippen LogP contribution in [-0.2, 0) is 16.1 Å². The first-order valence-corrected chi connectivity index (χ1v) is 6.28. The second kappa shape index (κ2) is 5.88. The van der Waals surface area contributed by atoms with Crippen molar-refractivity contribution in [3.63, 3.8) is 0 Å². The Kier molecular flexibility index (Phi) is 4.21. The van der Waals surface area contributed by atoms with Crippen molar-refractivity contribution >= 4 is 11.9 Å². The summed E-state index contributed by atoms with van der Waals surface area (Å²) in [4.78, 5) is 26.1. The molecule has 1 fully saturated rings. The van der Waals surface area contributed by atoms with Gasteiger partial charge in [-0.2, -0.15) is 0 Å². The van der Waals surface area contributed by atoms with Crippen molar-refractivity contribution in [3.05, 3.63) is 24.2 Å². The lowest BCUT2D eigenvalue weighted by atomic mass is 10.3. The highest BCUT2D eigenvalue weighted by Crippen LogP contribution is 2.26. The predicted octanol–water partition coefficient (Wildman–Crippen LogP) is 0.787. The van der Waals surface area contributed by atoms with Gasteiger partial charge in [0.15, 0.2) is 0 Å². The lowest BCUT2D eigenvalue weighted by Crippen LogP contribution is -2.41. The summed E-state index contributed by atoms with van der Waals surface area (Å²) in [5.74, 6) is -0.273. The molecule has 6 nitrogen and oxygen atoms in total. The summed E-state index contributed by atoms with van der Waals surface area (Å²) < 4.78 is 5.18. The monoisotopic (exact) mass is 266 g/mol. The molecule has 0 radical (unpaired) electrons. The maximum atomic E-state index is 12.0. The van der Waals surface area contributed by atoms with Crippen LogP contribution in [0.2, 0.25) is 0 Å². The van der Waals surface area contributed by atoms with Gasteiger partial charge in [0.05, 0.1) is 25.9 Å². The molecular formula is C13H18N2O4. The molecule has 104 valence electrons. The van der Waals surface area contributed by atoms with E-state index < -0.39 is 5.97 Å². The second-order valence-electron chi connectivity index (χ2n) is 4.86. The summed E-state index contributed by atoms with van der Waals surface area (Å²) in [5.41, 5.74) is 0. The molecule has 19 heavy (non-hydrogen) atoms. The fourth-order valence-corrected chi connectivity index (χ4v) is 1.95. The van der Waals surface area contributed by atoms with Crippen molar-refractivity contribution in [1.29, 1.82) is 0 Å². The maximum absolute atomic E-state index is 12.0. The quantitative estimate of drug-likeness (QED) is 0.789. The van der Waals surface area contributed by atoms with Crippen LogP contribution in [0.5, 0.6) is 0 Å². The molecule has 1 saturated carbocycles. The van der Waals surface area contributed by atoms with E-state index >= 15 is 0 Å². The third-order valence-electron chi connectivity index (χ3n) is 3.14. The number of carbonyl (C=O) groups is 2. The Morgan fingerprint density at radius 1 is 1.42 bits per heavy atom. The van der Waals surface area contributed by atoms with Crippen LogP contribution in [0.25, 0.3) is 0 Å². The van der Waals surface area contributed by atoms with E-state index in [1.54, 1.807) is 35.2 Å². The van der Waals surface area contributed by atoms with Gasteiger partial charge in [-0.3, -0.25) is 14.5 Å². The molecule has 1 heterocycles. The molecule has 1 amide bonds. The highest BCUT2D eigenvalue weighted by atomic mass is 16.4. The van der Waals surface area contributed by atoms with Gasteiger partial charge in [0.25, 0.3) is 0 Å². The molecule has 1 aromatic heterocycles. The predicted molar refractivity (Wildman–Crippen MR) is 67.4 cm³/mol. The minimum atomic E-state index is -0.895. The first-order chi connectivity index (χ1) is 9.06. The number of carboxylic acids is 1. The molecule has 0 aromatic carbocycles. The number of nitrogens with zero attached hydrogens (tertiary/aromatic N) is 2. The summed E-state index contributed by atoms with van der Waals surface area (Å²) in [6.45, 7) is 0.469. The first-order valence-electron chi connectivity index (χ1n) is 6.28. The lowest BCUT2D eigenvalue weighted by molar-refractivity contribution is -0.139. The van der Waals surface area contributed by atoms with Crippen LogP contribution in [0, 0.1) is 0 Å². The van der Waals surface area contributed by atoms with Gasteiger partial charge in [-0.15, -0.1) is 0 Å². The van der Waals surface area contributed by atoms with E-state index in [-0.39, 0.29) is 25.0 Å². The molecule has 6 heteroatoms. The number of likely N-dealkylation sites (N-methyl/N-ethyl adjacent to an activating group) is 1. The number of amides is 1. The molecule has 1 aromatic rings. The van der Waals surface area contributed by atoms with E-state index in [0.717, 1.165) is 12.8 Å². The highest BCUT2D eigenvalue weighted by molar-refractivity contribution is 5.79. The van der Waals surface area contributed by atoms with Crippen molar-refractivity contribution in [1.82, 2.24) is 9.80 Å². The molecule has 0 atom stereocenters. The standard InChI is InChI=1S/C13H18N2O4/c1-14(7-11-3-2-6-19-11)12(16)8-15(9-13(17)18)10-4-5-10/h2-3,6,10H,4-5,7-9H2,1H3,(H,17,18). The average Bonchev–Trinajstić information content (AvgIpc) is 3.07. The SMILES string of the molecule is CN(Cc1ccco1)C(=O)CN(CC(=O)O)C1CC1. The van der Waals surface area contributed by atoms with Gasteiger partial charge >= 0.3 is 5.97 Å². The maximum Gasteiger partial charge on any atom is 0.317 e. The number of aliphatic carboxylic acids is 1. The summed E-state index contributed by atoms with van der Waals surface area (Å²) in [6, 6.07) is 3.82. The van der Waals surface area contributed by atoms with Crippen molar-refractivity contribution in [3.8, 4) is 0 Å². The van der Waals surface area contributed by atoms with Gasteiger partial charge in [0.2, 0.25) is 5.91 Å². The largest absolute Gasteiger partial charge is 0.480 e. The van der Waals surface area contributed by atoms with Crippen LogP contribution < -0.4 is 0 Å². The molecule has 0 saturated heterocycles. The second-order valence-corrected chi connectivity index (χ2v) is 4.86. The zero-order chi connectivity index (χ0) is 13.8. The molecule has 0 spiro atoms. The summed E-state index contributed by atoms with van der Waals surface area (Å²) >= 11 is 0. The normalized spacial score (nSPS) is 14.6. The Hall–Kier alpha value is -1.82. The van der Waals surface area contributed by atoms with Gasteiger partial charge in [-0.05, 0) is 25.0 Å². The first kappa shape index (κ1) is 13.6. The zero-order valence-corrected chi connectivity index (χ0v) is 10.9. The summed E-state index contributed by atoms with van der Waals surface area (Å²) in [6.07, 6.45) is 3.51. The zero-order valence-electron chi connectivity index (χ0n) is 10.9. The number of hydrogen-bond donors (Lipinski definition) is 1. The Balaban J connectivity index is 1.85. The number of carbonyl (C=O) groups excluding carboxylic acids is 1. The molecule has 1 N–H and O–H groups in total. The van der Waals surface area contributed by atoms with Crippen LogP contribution in [0.3, 0.4) is 0 Å². The Bertz CT molecular complexity index is 440. The van der Waals surface area contributed by atoms with Crippen LogP contribution >= 0.6 is 0 Å². The average molecular weight is 266 g/mol. The minimum absolute atomic E-state index is 0.0784. The molecule has 1 aliphatic rings. The number of furan rings is 1. The van der Waals surface area contributed by atoms with Gasteiger partial charge in [-0.25, -0.2) is 0 Å². The van der Waals surface area contributed by atoms with Crippen molar-refractivity contribution in [2.24, 2.45) is 0 Å². The van der Waals surface area contributed by atoms with E-state index in [2.05, 4.69) is 0 Å². The smallest absolute Gasteiger partial charge is 0.317 e. The molecule has 0 aliphatic heterocycles. The molecule has 0 unspecified atom stereocenters. The number of hydrogen-bond acceptors (Lipinski definition) is 4. The van der Waals surface area contributed by atoms with Gasteiger partial charge in [0.1, 0.15) is 5.76 Å². The van der Waals surface area contributed by atoms with Gasteiger partial charge in [-0.1, -0.05) is 0 Å². The Morgan fingerprint density at radius 2 is 2.16 bits per heavy atom. The molecule has 0 bridgehead atoms. The van der Waals surface area contributed by atoms with E-state index in [4.69, 9.17) is 9.52 Å². The minimum Gasteiger partial charge on any atom is -0.480 e. The van der Waals surface area contributed by atoms with Crippen LogP contribution in [0.1, 0.15) is 18.6 Å². The highest BCUT2D eigenvalue weighted by Gasteiger charge is 2.32. The van der Waals surface area contributed by atoms with E-state index in [0.29, 0.717) is 12.3 Å². The number of rotatable bonds is 7. The third kappa shape index (κ3) is 4.10. The molecule has 1 aliphatic carbocycles. The third-order valence-corrected chi connectivity index (χ3v) is 3.14. The topological polar surface area (TPSA) is 74.0 Å². The fraction of sp³-hybridized carbons (Fsp3) is 0.538. The Labute approximate surface area is 111 Å². The summed E-state index contributed by atoms with van der Waals surface area (Å²) in [7, 11) is 1.69. The molecular weight excluding hydrogens is 248 g/mol. The fourth-order valence-electron chi connectivity index (χ4n) is 1.95. The van der Waals surface area contributed by atoms with Crippen molar-refractivity contribution in [2.45, 2.75) is 25.4 Å². The Morgan fingerprint density at radius 3 is 2.68 bits per heavy atom. The number of carboxylic acid groups (broad SMARTS) is 1. The van der Waals surface area contributed by atoms with Crippen LogP contribution in [-0.4, -0.2) is 53.0 Å². The van der Waals surface area contributed by atoms with E-state index in [1.807, 2.05) is 0 Å². The van der Waals surface area contributed by atoms with Crippen molar-refractivity contribution < 1.29 is 19.1 Å². The summed E-state index contributed by atoms with van der Waals surface area (Å²) in [5, 5.41) is 8.84. The van der Waals surface area contributed by atoms with Crippen LogP contribution in [0.15, 0.2) is 22.8 Å². The molecule has 2 rings (SSSR count). The van der Waals surface area contributed by atoms with E-state index in [1.165, 1.54) is 0 Å². The van der Waals surface area contributed by atoms with Gasteiger partial charge < -0.3 is 14.4 Å². The van der Waals surface area contributed by atoms with E-state index in [9.17, 15) is 9.59 Å². The van der Waals surface area contributed by atoms with Crippen molar-refractivity contribution in [2.75, 3.05) is 20.1 Å². The lowest BCUT2D eigenvalue weighted by Gasteiger charge is -2.23. The van der Waals surface area contributed by atoms with Crippen LogP contribution in [0.4, 0.5) is 0 Å².